The molecule has 0 radical (unpaired) electrons. The first-order chi connectivity index (χ1) is 22.1. The minimum absolute atomic E-state index is 0.0383. The molecule has 3 aliphatic rings. The molecule has 3 amide bonds. The van der Waals surface area contributed by atoms with E-state index < -0.39 is 46.5 Å². The predicted molar refractivity (Wildman–Crippen MR) is 169 cm³/mol. The summed E-state index contributed by atoms with van der Waals surface area (Å²) in [5, 5.41) is 7.10. The van der Waals surface area contributed by atoms with Crippen molar-refractivity contribution < 1.29 is 32.3 Å². The molecule has 2 aromatic carbocycles. The van der Waals surface area contributed by atoms with E-state index >= 15 is 8.78 Å². The number of imide groups is 1. The summed E-state index contributed by atoms with van der Waals surface area (Å²) < 4.78 is 53.8. The molecule has 6 rings (SSSR count). The number of amides is 3. The molecule has 4 heterocycles. The Morgan fingerprint density at radius 1 is 1.11 bits per heavy atom. The van der Waals surface area contributed by atoms with Gasteiger partial charge >= 0.3 is 6.09 Å². The summed E-state index contributed by atoms with van der Waals surface area (Å²) in [5.41, 5.74) is -2.20. The molecule has 10 nitrogen and oxygen atoms in total. The number of carbonyl (C=O) groups excluding carboxylic acids is 3. The quantitative estimate of drug-likeness (QED) is 0.383. The Labute approximate surface area is 275 Å². The molecule has 1 N–H and O–H groups in total. The first kappa shape index (κ1) is 32.8. The molecule has 3 aliphatic heterocycles. The lowest BCUT2D eigenvalue weighted by Crippen LogP contribution is -2.64. The number of carbonyl (C=O) groups is 3. The van der Waals surface area contributed by atoms with Crippen LogP contribution in [0, 0.1) is 17.5 Å². The van der Waals surface area contributed by atoms with Gasteiger partial charge in [-0.1, -0.05) is 23.7 Å². The van der Waals surface area contributed by atoms with E-state index in [1.54, 1.807) is 27.7 Å². The summed E-state index contributed by atoms with van der Waals surface area (Å²) in [7, 11) is 1.51. The number of benzene rings is 2. The Hall–Kier alpha value is -4.10. The zero-order valence-electron chi connectivity index (χ0n) is 26.7. The molecule has 0 bridgehead atoms. The summed E-state index contributed by atoms with van der Waals surface area (Å²) in [6.07, 6.45) is 1.66. The Balaban J connectivity index is 1.27. The third kappa shape index (κ3) is 5.84. The highest BCUT2D eigenvalue weighted by atomic mass is 35.5. The molecule has 47 heavy (non-hydrogen) atoms. The maximum atomic E-state index is 16.7. The van der Waals surface area contributed by atoms with Crippen molar-refractivity contribution in [2.24, 2.45) is 7.05 Å². The first-order valence-corrected chi connectivity index (χ1v) is 15.8. The van der Waals surface area contributed by atoms with Gasteiger partial charge in [0.15, 0.2) is 17.5 Å². The van der Waals surface area contributed by atoms with E-state index in [1.807, 2.05) is 4.90 Å². The van der Waals surface area contributed by atoms with Gasteiger partial charge in [0.1, 0.15) is 11.4 Å². The average molecular weight is 673 g/mol. The summed E-state index contributed by atoms with van der Waals surface area (Å²) in [6, 6.07) is 6.49. The number of hydrogen-bond acceptors (Lipinski definition) is 7. The molecule has 3 aromatic rings. The van der Waals surface area contributed by atoms with Crippen LogP contribution in [0.15, 0.2) is 36.5 Å². The van der Waals surface area contributed by atoms with Gasteiger partial charge in [0.2, 0.25) is 5.91 Å². The summed E-state index contributed by atoms with van der Waals surface area (Å²) in [5.74, 6) is -3.53. The number of ether oxygens (including phenoxy) is 1. The van der Waals surface area contributed by atoms with E-state index in [1.165, 1.54) is 42.1 Å². The number of piperidine rings is 1. The van der Waals surface area contributed by atoms with Gasteiger partial charge in [-0.3, -0.25) is 24.1 Å². The number of anilines is 2. The lowest BCUT2D eigenvalue weighted by molar-refractivity contribution is -0.141. The third-order valence-electron chi connectivity index (χ3n) is 8.95. The highest BCUT2D eigenvalue weighted by molar-refractivity contribution is 6.30. The van der Waals surface area contributed by atoms with Gasteiger partial charge < -0.3 is 10.1 Å². The second-order valence-electron chi connectivity index (χ2n) is 13.6. The molecule has 2 atom stereocenters. The highest BCUT2D eigenvalue weighted by Crippen LogP contribution is 2.45. The molecule has 0 aliphatic carbocycles. The maximum Gasteiger partial charge on any atom is 0.417 e. The monoisotopic (exact) mass is 672 g/mol. The second kappa shape index (κ2) is 11.9. The van der Waals surface area contributed by atoms with Crippen molar-refractivity contribution >= 4 is 41.0 Å². The van der Waals surface area contributed by atoms with Gasteiger partial charge in [-0.25, -0.2) is 22.9 Å². The van der Waals surface area contributed by atoms with Crippen molar-refractivity contribution in [1.82, 2.24) is 19.6 Å². The van der Waals surface area contributed by atoms with Crippen LogP contribution in [0.3, 0.4) is 0 Å². The Kier molecular flexibility index (Phi) is 8.28. The molecule has 2 saturated heterocycles. The van der Waals surface area contributed by atoms with Crippen LogP contribution in [-0.4, -0.2) is 81.4 Å². The Morgan fingerprint density at radius 2 is 1.83 bits per heavy atom. The Morgan fingerprint density at radius 3 is 2.49 bits per heavy atom. The van der Waals surface area contributed by atoms with E-state index in [0.717, 1.165) is 16.0 Å². The molecule has 0 spiro atoms. The van der Waals surface area contributed by atoms with E-state index in [2.05, 4.69) is 10.4 Å². The van der Waals surface area contributed by atoms with E-state index in [-0.39, 0.29) is 58.3 Å². The van der Waals surface area contributed by atoms with Crippen molar-refractivity contribution in [2.75, 3.05) is 36.4 Å². The van der Waals surface area contributed by atoms with Crippen molar-refractivity contribution in [3.8, 4) is 0 Å². The molecule has 14 heteroatoms. The molecule has 250 valence electrons. The molecule has 0 saturated carbocycles. The molecule has 2 unspecified atom stereocenters. The van der Waals surface area contributed by atoms with E-state index in [9.17, 15) is 18.8 Å². The molecule has 1 aromatic heterocycles. The number of halogens is 4. The van der Waals surface area contributed by atoms with Gasteiger partial charge in [0, 0.05) is 55.3 Å². The predicted octanol–water partition coefficient (Wildman–Crippen LogP) is 5.48. The molecule has 2 fully saturated rings. The first-order valence-electron chi connectivity index (χ1n) is 15.4. The van der Waals surface area contributed by atoms with Crippen LogP contribution in [0.2, 0.25) is 5.02 Å². The van der Waals surface area contributed by atoms with Crippen LogP contribution in [0.25, 0.3) is 0 Å². The number of aromatic nitrogens is 2. The van der Waals surface area contributed by atoms with Crippen molar-refractivity contribution in [2.45, 2.75) is 63.6 Å². The Bertz CT molecular complexity index is 1770. The number of aryl methyl sites for hydroxylation is 1. The standard InChI is InChI=1S/C33H36ClF3N6O4/c1-32(2,3)47-31(46)42-13-7-10-24(30(42)45)41-14-18(15-41)38-23-12-11-19-25(27(23)37)33(4,20-8-6-9-21(34)26(20)36)17-43(29(19)44)28-22(35)16-40(5)39-28/h6,8-9,11-12,16,18,24,38H,7,10,13-15,17H2,1-5H3. The van der Waals surface area contributed by atoms with Crippen molar-refractivity contribution in [3.05, 3.63) is 75.7 Å². The van der Waals surface area contributed by atoms with Gasteiger partial charge in [-0.05, 0) is 58.7 Å². The minimum atomic E-state index is -1.49. The van der Waals surface area contributed by atoms with Gasteiger partial charge in [0.25, 0.3) is 5.91 Å². The fourth-order valence-corrected chi connectivity index (χ4v) is 6.92. The third-order valence-corrected chi connectivity index (χ3v) is 9.24. The van der Waals surface area contributed by atoms with Crippen LogP contribution in [0.1, 0.15) is 62.0 Å². The van der Waals surface area contributed by atoms with Crippen molar-refractivity contribution in [3.63, 3.8) is 0 Å². The molecular weight excluding hydrogens is 637 g/mol. The summed E-state index contributed by atoms with van der Waals surface area (Å²) >= 11 is 6.15. The number of fused-ring (bicyclic) bond motifs is 1. The smallest absolute Gasteiger partial charge is 0.417 e. The minimum Gasteiger partial charge on any atom is -0.443 e. The van der Waals surface area contributed by atoms with Gasteiger partial charge in [-0.15, -0.1) is 0 Å². The average Bonchev–Trinajstić information content (AvgIpc) is 3.31. The summed E-state index contributed by atoms with van der Waals surface area (Å²) in [4.78, 5) is 43.7. The van der Waals surface area contributed by atoms with Crippen LogP contribution in [-0.2, 0) is 22.0 Å². The van der Waals surface area contributed by atoms with Gasteiger partial charge in [-0.2, -0.15) is 5.10 Å². The molecular formula is C33H36ClF3N6O4. The van der Waals surface area contributed by atoms with Gasteiger partial charge in [0.05, 0.1) is 29.0 Å². The van der Waals surface area contributed by atoms with Crippen molar-refractivity contribution in [1.29, 1.82) is 0 Å². The normalized spacial score (nSPS) is 22.3. The van der Waals surface area contributed by atoms with Crippen LogP contribution < -0.4 is 10.2 Å². The number of nitrogens with one attached hydrogen (secondary N) is 1. The number of hydrogen-bond donors (Lipinski definition) is 1. The maximum absolute atomic E-state index is 16.7. The van der Waals surface area contributed by atoms with Crippen LogP contribution in [0.5, 0.6) is 0 Å². The second-order valence-corrected chi connectivity index (χ2v) is 14.0. The van der Waals surface area contributed by atoms with E-state index in [0.29, 0.717) is 25.9 Å². The zero-order valence-corrected chi connectivity index (χ0v) is 27.5. The number of likely N-dealkylation sites (tertiary alicyclic amines) is 2. The fourth-order valence-electron chi connectivity index (χ4n) is 6.74. The number of rotatable bonds is 5. The largest absolute Gasteiger partial charge is 0.443 e. The lowest BCUT2D eigenvalue weighted by Gasteiger charge is -2.47. The SMILES string of the molecule is Cn1cc(F)c(N2CC(C)(c3cccc(Cl)c3F)c3c(ccc(NC4CN(C5CCCN(C(=O)OC(C)(C)C)C5=O)C4)c3F)C2=O)n1. The summed E-state index contributed by atoms with van der Waals surface area (Å²) in [6.45, 7) is 7.59. The highest BCUT2D eigenvalue weighted by Gasteiger charge is 2.48. The fraction of sp³-hybridized carbons (Fsp3) is 0.455. The topological polar surface area (TPSA) is 100 Å². The lowest BCUT2D eigenvalue weighted by atomic mass is 9.70. The number of nitrogens with zero attached hydrogens (tertiary/aromatic N) is 5. The van der Waals surface area contributed by atoms with Crippen LogP contribution in [0.4, 0.5) is 29.5 Å². The van der Waals surface area contributed by atoms with E-state index in [4.69, 9.17) is 16.3 Å². The zero-order chi connectivity index (χ0) is 34.0. The van der Waals surface area contributed by atoms with Crippen LogP contribution >= 0.6 is 11.6 Å².